The predicted molar refractivity (Wildman–Crippen MR) is 92.8 cm³/mol. The van der Waals surface area contributed by atoms with Gasteiger partial charge in [0.05, 0.1) is 11.4 Å². The first kappa shape index (κ1) is 16.4. The maximum Gasteiger partial charge on any atom is 0.226 e. The van der Waals surface area contributed by atoms with Crippen molar-refractivity contribution >= 4 is 40.7 Å². The predicted octanol–water partition coefficient (Wildman–Crippen LogP) is 3.47. The molecule has 22 heavy (non-hydrogen) atoms. The summed E-state index contributed by atoms with van der Waals surface area (Å²) in [4.78, 5) is 11.7. The van der Waals surface area contributed by atoms with Crippen molar-refractivity contribution in [2.45, 2.75) is 32.7 Å². The van der Waals surface area contributed by atoms with E-state index in [1.807, 2.05) is 20.8 Å². The number of carbonyl (C=O) groups excluding carboxylic acids is 1. The second-order valence-corrected chi connectivity index (χ2v) is 6.68. The summed E-state index contributed by atoms with van der Waals surface area (Å²) in [7, 11) is 0. The molecule has 0 aromatic heterocycles. The van der Waals surface area contributed by atoms with E-state index in [0.29, 0.717) is 29.2 Å². The van der Waals surface area contributed by atoms with Crippen molar-refractivity contribution in [1.29, 1.82) is 5.41 Å². The molecule has 0 bridgehead atoms. The molecule has 6 heteroatoms. The highest BCUT2D eigenvalue weighted by molar-refractivity contribution is 6.32. The first-order valence-electron chi connectivity index (χ1n) is 7.16. The zero-order valence-corrected chi connectivity index (χ0v) is 13.8. The van der Waals surface area contributed by atoms with Crippen molar-refractivity contribution in [3.8, 4) is 0 Å². The van der Waals surface area contributed by atoms with Crippen LogP contribution in [0.4, 0.5) is 11.4 Å². The van der Waals surface area contributed by atoms with Crippen molar-refractivity contribution in [2.24, 2.45) is 0 Å². The summed E-state index contributed by atoms with van der Waals surface area (Å²) in [6, 6.07) is 3.52. The quantitative estimate of drug-likeness (QED) is 0.644. The minimum atomic E-state index is -0.106. The molecule has 1 heterocycles. The minimum Gasteiger partial charge on any atom is -0.386 e. The van der Waals surface area contributed by atoms with Crippen LogP contribution in [0.1, 0.15) is 32.8 Å². The lowest BCUT2D eigenvalue weighted by Crippen LogP contribution is -2.31. The Bertz CT molecular complexity index is 632. The third-order valence-electron chi connectivity index (χ3n) is 3.16. The highest BCUT2D eigenvalue weighted by atomic mass is 35.5. The molecule has 1 aliphatic heterocycles. The van der Waals surface area contributed by atoms with E-state index in [1.165, 1.54) is 6.21 Å². The standard InChI is InChI=1S/C16H21ClN4O/c1-16(2,3)20-9-10(8-18)12-6-11(17)7-13-15(12)19-5-4-14(22)21-13/h6-9,18-20H,4-5H2,1-3H3,(H,21,22)/b10-9+,18-8?. The smallest absolute Gasteiger partial charge is 0.226 e. The number of halogens is 1. The molecule has 1 aromatic rings. The highest BCUT2D eigenvalue weighted by Gasteiger charge is 2.18. The van der Waals surface area contributed by atoms with Crippen LogP contribution in [-0.2, 0) is 4.79 Å². The molecule has 0 saturated heterocycles. The van der Waals surface area contributed by atoms with Gasteiger partial charge in [-0.3, -0.25) is 4.79 Å². The van der Waals surface area contributed by atoms with Crippen LogP contribution < -0.4 is 16.0 Å². The van der Waals surface area contributed by atoms with Crippen molar-refractivity contribution in [3.05, 3.63) is 28.9 Å². The van der Waals surface area contributed by atoms with Crippen LogP contribution in [0, 0.1) is 5.41 Å². The van der Waals surface area contributed by atoms with Gasteiger partial charge in [-0.1, -0.05) is 11.6 Å². The molecule has 1 aromatic carbocycles. The fourth-order valence-electron chi connectivity index (χ4n) is 2.13. The molecule has 4 N–H and O–H groups in total. The Kier molecular flexibility index (Phi) is 4.76. The van der Waals surface area contributed by atoms with Gasteiger partial charge in [0.2, 0.25) is 5.91 Å². The Labute approximate surface area is 135 Å². The maximum atomic E-state index is 11.7. The summed E-state index contributed by atoms with van der Waals surface area (Å²) >= 11 is 6.17. The van der Waals surface area contributed by atoms with Crippen molar-refractivity contribution in [1.82, 2.24) is 5.32 Å². The number of nitrogens with one attached hydrogen (secondary N) is 4. The largest absolute Gasteiger partial charge is 0.386 e. The van der Waals surface area contributed by atoms with Crippen molar-refractivity contribution < 1.29 is 4.79 Å². The van der Waals surface area contributed by atoms with E-state index < -0.39 is 0 Å². The second-order valence-electron chi connectivity index (χ2n) is 6.24. The lowest BCUT2D eigenvalue weighted by Gasteiger charge is -2.21. The summed E-state index contributed by atoms with van der Waals surface area (Å²) in [5, 5.41) is 17.6. The summed E-state index contributed by atoms with van der Waals surface area (Å²) in [6.07, 6.45) is 3.47. The Balaban J connectivity index is 2.49. The zero-order valence-electron chi connectivity index (χ0n) is 13.0. The van der Waals surface area contributed by atoms with Gasteiger partial charge in [-0.25, -0.2) is 0 Å². The van der Waals surface area contributed by atoms with E-state index in [1.54, 1.807) is 18.3 Å². The van der Waals surface area contributed by atoms with E-state index in [0.717, 1.165) is 11.3 Å². The third-order valence-corrected chi connectivity index (χ3v) is 3.38. The number of rotatable bonds is 3. The maximum absolute atomic E-state index is 11.7. The lowest BCUT2D eigenvalue weighted by atomic mass is 10.0. The average molecular weight is 321 g/mol. The van der Waals surface area contributed by atoms with Gasteiger partial charge in [-0.05, 0) is 32.9 Å². The van der Waals surface area contributed by atoms with E-state index >= 15 is 0 Å². The molecule has 0 fully saturated rings. The van der Waals surface area contributed by atoms with Gasteiger partial charge in [0.25, 0.3) is 0 Å². The van der Waals surface area contributed by atoms with E-state index in [-0.39, 0.29) is 11.4 Å². The van der Waals surface area contributed by atoms with Gasteiger partial charge in [0.1, 0.15) is 0 Å². The Morgan fingerprint density at radius 2 is 2.14 bits per heavy atom. The number of allylic oxidation sites excluding steroid dienone is 1. The van der Waals surface area contributed by atoms with Crippen LogP contribution in [0.5, 0.6) is 0 Å². The summed E-state index contributed by atoms with van der Waals surface area (Å²) < 4.78 is 0. The molecular formula is C16H21ClN4O. The van der Waals surface area contributed by atoms with Gasteiger partial charge in [-0.2, -0.15) is 0 Å². The number of carbonyl (C=O) groups is 1. The zero-order chi connectivity index (χ0) is 16.3. The Hall–Kier alpha value is -2.01. The van der Waals surface area contributed by atoms with Crippen molar-refractivity contribution in [3.63, 3.8) is 0 Å². The van der Waals surface area contributed by atoms with Crippen LogP contribution in [-0.4, -0.2) is 24.2 Å². The molecule has 0 aliphatic carbocycles. The summed E-state index contributed by atoms with van der Waals surface area (Å²) in [5.41, 5.74) is 2.81. The van der Waals surface area contributed by atoms with Gasteiger partial charge in [0, 0.05) is 47.1 Å². The molecule has 0 unspecified atom stereocenters. The first-order chi connectivity index (χ1) is 10.3. The fourth-order valence-corrected chi connectivity index (χ4v) is 2.35. The molecule has 1 amide bonds. The first-order valence-corrected chi connectivity index (χ1v) is 7.54. The highest BCUT2D eigenvalue weighted by Crippen LogP contribution is 2.35. The molecular weight excluding hydrogens is 300 g/mol. The molecule has 5 nitrogen and oxygen atoms in total. The van der Waals surface area contributed by atoms with Gasteiger partial charge < -0.3 is 21.4 Å². The molecule has 0 radical (unpaired) electrons. The SMILES string of the molecule is CC(C)(C)N/C=C(\C=N)c1cc(Cl)cc2c1NCCC(=O)N2. The number of amides is 1. The molecule has 118 valence electrons. The molecule has 0 spiro atoms. The molecule has 0 saturated carbocycles. The normalized spacial score (nSPS) is 15.3. The lowest BCUT2D eigenvalue weighted by molar-refractivity contribution is -0.115. The minimum absolute atomic E-state index is 0.0485. The van der Waals surface area contributed by atoms with Crippen LogP contribution in [0.25, 0.3) is 5.57 Å². The number of benzene rings is 1. The number of fused-ring (bicyclic) bond motifs is 1. The monoisotopic (exact) mass is 320 g/mol. The third kappa shape index (κ3) is 4.01. The number of hydrogen-bond acceptors (Lipinski definition) is 4. The molecule has 2 rings (SSSR count). The van der Waals surface area contributed by atoms with Crippen LogP contribution in [0.15, 0.2) is 18.3 Å². The van der Waals surface area contributed by atoms with E-state index in [2.05, 4.69) is 16.0 Å². The number of hydrogen-bond donors (Lipinski definition) is 4. The summed E-state index contributed by atoms with van der Waals surface area (Å²) in [6.45, 7) is 6.68. The topological polar surface area (TPSA) is 77.0 Å². The average Bonchev–Trinajstić information content (AvgIpc) is 2.58. The fraction of sp³-hybridized carbons (Fsp3) is 0.375. The van der Waals surface area contributed by atoms with Gasteiger partial charge in [0.15, 0.2) is 0 Å². The van der Waals surface area contributed by atoms with E-state index in [4.69, 9.17) is 17.0 Å². The van der Waals surface area contributed by atoms with Gasteiger partial charge >= 0.3 is 0 Å². The molecule has 1 aliphatic rings. The Morgan fingerprint density at radius 1 is 1.41 bits per heavy atom. The van der Waals surface area contributed by atoms with E-state index in [9.17, 15) is 4.79 Å². The van der Waals surface area contributed by atoms with Gasteiger partial charge in [-0.15, -0.1) is 0 Å². The summed E-state index contributed by atoms with van der Waals surface area (Å²) in [5.74, 6) is -0.0485. The van der Waals surface area contributed by atoms with Crippen LogP contribution in [0.3, 0.4) is 0 Å². The second kappa shape index (κ2) is 6.40. The van der Waals surface area contributed by atoms with Crippen LogP contribution >= 0.6 is 11.6 Å². The van der Waals surface area contributed by atoms with Crippen LogP contribution in [0.2, 0.25) is 5.02 Å². The molecule has 0 atom stereocenters. The number of anilines is 2. The van der Waals surface area contributed by atoms with Crippen molar-refractivity contribution in [2.75, 3.05) is 17.2 Å². The Morgan fingerprint density at radius 3 is 2.77 bits per heavy atom.